The summed E-state index contributed by atoms with van der Waals surface area (Å²) in [5, 5.41) is 16.6. The van der Waals surface area contributed by atoms with Gasteiger partial charge in [0.2, 0.25) is 0 Å². The lowest BCUT2D eigenvalue weighted by molar-refractivity contribution is -0.144. The van der Waals surface area contributed by atoms with Gasteiger partial charge in [0.1, 0.15) is 17.1 Å². The molecule has 1 aromatic carbocycles. The first-order chi connectivity index (χ1) is 14.1. The Morgan fingerprint density at radius 1 is 1.40 bits per heavy atom. The quantitative estimate of drug-likeness (QED) is 0.466. The molecule has 0 bridgehead atoms. The monoisotopic (exact) mass is 447 g/mol. The Morgan fingerprint density at radius 2 is 2.10 bits per heavy atom. The zero-order valence-electron chi connectivity index (χ0n) is 15.5. The molecule has 0 aliphatic rings. The molecule has 30 heavy (non-hydrogen) atoms. The average molecular weight is 448 g/mol. The first-order valence-corrected chi connectivity index (χ1v) is 8.77. The van der Waals surface area contributed by atoms with Crippen molar-refractivity contribution in [1.82, 2.24) is 14.9 Å². The van der Waals surface area contributed by atoms with E-state index in [1.54, 1.807) is 0 Å². The molecule has 0 radical (unpaired) electrons. The van der Waals surface area contributed by atoms with Crippen molar-refractivity contribution < 1.29 is 36.7 Å². The molecule has 0 aliphatic heterocycles. The minimum absolute atomic E-state index is 0.138. The maximum Gasteiger partial charge on any atom is 0.433 e. The van der Waals surface area contributed by atoms with Crippen LogP contribution in [0.25, 0.3) is 22.6 Å². The molecule has 1 atom stereocenters. The molecule has 3 aromatic rings. The van der Waals surface area contributed by atoms with Crippen LogP contribution in [-0.2, 0) is 17.5 Å². The number of carbonyl (C=O) groups is 1. The molecule has 0 saturated carbocycles. The molecule has 0 fully saturated rings. The fourth-order valence-corrected chi connectivity index (χ4v) is 3.15. The Kier molecular flexibility index (Phi) is 5.86. The van der Waals surface area contributed by atoms with Gasteiger partial charge in [0.25, 0.3) is 0 Å². The van der Waals surface area contributed by atoms with Crippen LogP contribution in [0.2, 0.25) is 5.02 Å². The van der Waals surface area contributed by atoms with Crippen LogP contribution in [0.4, 0.5) is 17.6 Å². The van der Waals surface area contributed by atoms with Crippen LogP contribution >= 0.6 is 11.6 Å². The third-order valence-corrected chi connectivity index (χ3v) is 4.39. The van der Waals surface area contributed by atoms with Gasteiger partial charge in [-0.3, -0.25) is 4.68 Å². The molecular formula is C18H14ClF4N3O4. The van der Waals surface area contributed by atoms with Crippen LogP contribution in [0, 0.1) is 5.82 Å². The van der Waals surface area contributed by atoms with E-state index in [0.717, 1.165) is 19.4 Å². The highest BCUT2D eigenvalue weighted by atomic mass is 35.5. The molecule has 0 unspecified atom stereocenters. The lowest BCUT2D eigenvalue weighted by Gasteiger charge is -2.13. The summed E-state index contributed by atoms with van der Waals surface area (Å²) in [5.41, 5.74) is -3.21. The number of benzene rings is 1. The number of halogens is 5. The van der Waals surface area contributed by atoms with Crippen molar-refractivity contribution in [2.45, 2.75) is 25.7 Å². The number of hydrogen-bond donors (Lipinski definition) is 1. The Hall–Kier alpha value is -2.92. The smallest absolute Gasteiger partial charge is 0.433 e. The Balaban J connectivity index is 2.30. The number of alkyl halides is 3. The predicted molar refractivity (Wildman–Crippen MR) is 96.2 cm³/mol. The van der Waals surface area contributed by atoms with Gasteiger partial charge in [-0.05, 0) is 19.1 Å². The minimum atomic E-state index is -4.92. The fraction of sp³-hybridized carbons (Fsp3) is 0.278. The molecule has 0 amide bonds. The zero-order valence-corrected chi connectivity index (χ0v) is 16.3. The van der Waals surface area contributed by atoms with Gasteiger partial charge in [0.15, 0.2) is 11.5 Å². The topological polar surface area (TPSA) is 90.4 Å². The van der Waals surface area contributed by atoms with E-state index < -0.39 is 58.9 Å². The van der Waals surface area contributed by atoms with Crippen molar-refractivity contribution in [2.75, 3.05) is 7.11 Å². The van der Waals surface area contributed by atoms with Crippen molar-refractivity contribution in [3.63, 3.8) is 0 Å². The van der Waals surface area contributed by atoms with E-state index in [1.165, 1.54) is 19.1 Å². The number of aliphatic hydroxyl groups is 1. The minimum Gasteiger partial charge on any atom is -0.465 e. The second-order valence-corrected chi connectivity index (χ2v) is 6.67. The molecule has 2 aromatic heterocycles. The number of carbonyl (C=O) groups excluding carboxylic acids is 1. The number of rotatable bonds is 5. The summed E-state index contributed by atoms with van der Waals surface area (Å²) < 4.78 is 65.8. The Morgan fingerprint density at radius 3 is 2.67 bits per heavy atom. The highest BCUT2D eigenvalue weighted by Crippen LogP contribution is 2.42. The highest BCUT2D eigenvalue weighted by Gasteiger charge is 2.42. The van der Waals surface area contributed by atoms with Crippen molar-refractivity contribution in [2.24, 2.45) is 0 Å². The molecule has 2 heterocycles. The molecule has 1 N–H and O–H groups in total. The van der Waals surface area contributed by atoms with Crippen LogP contribution in [0.15, 0.2) is 28.9 Å². The summed E-state index contributed by atoms with van der Waals surface area (Å²) in [7, 11) is 0.993. The van der Waals surface area contributed by atoms with Crippen LogP contribution in [-0.4, -0.2) is 39.2 Å². The maximum atomic E-state index is 14.4. The van der Waals surface area contributed by atoms with Gasteiger partial charge >= 0.3 is 12.1 Å². The van der Waals surface area contributed by atoms with E-state index in [9.17, 15) is 27.5 Å². The van der Waals surface area contributed by atoms with Crippen LogP contribution in [0.5, 0.6) is 0 Å². The largest absolute Gasteiger partial charge is 0.465 e. The summed E-state index contributed by atoms with van der Waals surface area (Å²) in [6.07, 6.45) is -5.25. The fourth-order valence-electron chi connectivity index (χ4n) is 2.90. The third kappa shape index (κ3) is 3.90. The van der Waals surface area contributed by atoms with E-state index in [1.807, 2.05) is 0 Å². The van der Waals surface area contributed by atoms with Gasteiger partial charge in [-0.1, -0.05) is 22.8 Å². The van der Waals surface area contributed by atoms with Crippen molar-refractivity contribution in [3.8, 4) is 22.6 Å². The van der Waals surface area contributed by atoms with Crippen molar-refractivity contribution in [3.05, 3.63) is 46.5 Å². The van der Waals surface area contributed by atoms with E-state index in [0.29, 0.717) is 4.68 Å². The van der Waals surface area contributed by atoms with Crippen molar-refractivity contribution >= 4 is 17.6 Å². The number of nitrogens with zero attached hydrogens (tertiary/aromatic N) is 3. The second kappa shape index (κ2) is 8.07. The number of methoxy groups -OCH3 is 1. The summed E-state index contributed by atoms with van der Waals surface area (Å²) in [4.78, 5) is 12.4. The molecule has 160 valence electrons. The zero-order chi connectivity index (χ0) is 22.2. The average Bonchev–Trinajstić information content (AvgIpc) is 3.24. The van der Waals surface area contributed by atoms with Gasteiger partial charge in [0, 0.05) is 0 Å². The third-order valence-electron chi connectivity index (χ3n) is 4.07. The number of hydrogen-bond acceptors (Lipinski definition) is 6. The summed E-state index contributed by atoms with van der Waals surface area (Å²) >= 11 is 6.01. The Labute approximate surface area is 171 Å². The van der Waals surface area contributed by atoms with E-state index in [-0.39, 0.29) is 10.6 Å². The van der Waals surface area contributed by atoms with E-state index in [4.69, 9.17) is 16.1 Å². The SMILES string of the molecule is COC(=O)c1c(-c2c(F)cccc2Cl)noc1-c1cnn(C[C@H](C)O)c1C(F)(F)F. The highest BCUT2D eigenvalue weighted by molar-refractivity contribution is 6.33. The predicted octanol–water partition coefficient (Wildman–Crippen LogP) is 4.18. The molecular weight excluding hydrogens is 434 g/mol. The van der Waals surface area contributed by atoms with Gasteiger partial charge < -0.3 is 14.4 Å². The maximum absolute atomic E-state index is 14.4. The van der Waals surface area contributed by atoms with Gasteiger partial charge in [-0.25, -0.2) is 9.18 Å². The lowest BCUT2D eigenvalue weighted by Crippen LogP contribution is -2.21. The molecule has 0 spiro atoms. The molecule has 0 aliphatic carbocycles. The normalized spacial score (nSPS) is 12.8. The van der Waals surface area contributed by atoms with E-state index >= 15 is 0 Å². The van der Waals surface area contributed by atoms with Gasteiger partial charge in [0.05, 0.1) is 42.1 Å². The van der Waals surface area contributed by atoms with Crippen LogP contribution in [0.1, 0.15) is 23.0 Å². The van der Waals surface area contributed by atoms with Gasteiger partial charge in [-0.2, -0.15) is 18.3 Å². The van der Waals surface area contributed by atoms with E-state index in [2.05, 4.69) is 15.0 Å². The molecule has 12 heteroatoms. The molecule has 3 rings (SSSR count). The number of ether oxygens (including phenoxy) is 1. The second-order valence-electron chi connectivity index (χ2n) is 6.26. The lowest BCUT2D eigenvalue weighted by atomic mass is 10.0. The van der Waals surface area contributed by atoms with Gasteiger partial charge in [-0.15, -0.1) is 0 Å². The summed E-state index contributed by atoms with van der Waals surface area (Å²) in [6, 6.07) is 3.66. The van der Waals surface area contributed by atoms with Crippen molar-refractivity contribution in [1.29, 1.82) is 0 Å². The summed E-state index contributed by atoms with van der Waals surface area (Å²) in [5.74, 6) is -2.61. The first-order valence-electron chi connectivity index (χ1n) is 8.40. The number of esters is 1. The Bertz CT molecular complexity index is 1070. The van der Waals surface area contributed by atoms with Crippen LogP contribution < -0.4 is 0 Å². The summed E-state index contributed by atoms with van der Waals surface area (Å²) in [6.45, 7) is 0.816. The first kappa shape index (κ1) is 21.8. The standard InChI is InChI=1S/C18H14ClF4N3O4/c1-8(27)7-26-16(18(21,22)23)9(6-24-26)15-13(17(28)29-2)14(25-30-15)12-10(19)4-3-5-11(12)20/h3-6,8,27H,7H2,1-2H3/t8-/m0/s1. The molecule has 0 saturated heterocycles. The van der Waals surface area contributed by atoms with Crippen LogP contribution in [0.3, 0.4) is 0 Å². The molecule has 7 nitrogen and oxygen atoms in total. The number of aliphatic hydroxyl groups excluding tert-OH is 1. The number of aromatic nitrogens is 3.